The van der Waals surface area contributed by atoms with Crippen LogP contribution in [0.5, 0.6) is 0 Å². The zero-order valence-corrected chi connectivity index (χ0v) is 14.8. The van der Waals surface area contributed by atoms with Crippen molar-refractivity contribution in [2.45, 2.75) is 13.1 Å². The standard InChI is InChI=1S/C20H18F3NO3/c1-3-24(16-11-9-15(10-12-16)19(26)27-2)13-17(18(25)20(21,22)23)14-7-5-4-6-8-14/h4-13H,3H2,1-2H3/b17-13+. The van der Waals surface area contributed by atoms with Crippen molar-refractivity contribution in [1.29, 1.82) is 0 Å². The van der Waals surface area contributed by atoms with E-state index in [1.54, 1.807) is 37.3 Å². The monoisotopic (exact) mass is 377 g/mol. The summed E-state index contributed by atoms with van der Waals surface area (Å²) in [6.07, 6.45) is -3.81. The van der Waals surface area contributed by atoms with E-state index in [2.05, 4.69) is 4.74 Å². The lowest BCUT2D eigenvalue weighted by molar-refractivity contribution is -0.164. The van der Waals surface area contributed by atoms with E-state index in [9.17, 15) is 22.8 Å². The van der Waals surface area contributed by atoms with E-state index in [0.717, 1.165) is 0 Å². The summed E-state index contributed by atoms with van der Waals surface area (Å²) in [5, 5.41) is 0. The highest BCUT2D eigenvalue weighted by Gasteiger charge is 2.41. The molecule has 0 aromatic heterocycles. The smallest absolute Gasteiger partial charge is 0.454 e. The minimum absolute atomic E-state index is 0.171. The largest absolute Gasteiger partial charge is 0.465 e. The number of alkyl halides is 3. The number of rotatable bonds is 6. The summed E-state index contributed by atoms with van der Waals surface area (Å²) in [4.78, 5) is 25.0. The third-order valence-corrected chi connectivity index (χ3v) is 3.83. The van der Waals surface area contributed by atoms with Crippen LogP contribution in [-0.2, 0) is 9.53 Å². The highest BCUT2D eigenvalue weighted by atomic mass is 19.4. The van der Waals surface area contributed by atoms with E-state index < -0.39 is 23.5 Å². The molecule has 0 aliphatic rings. The van der Waals surface area contributed by atoms with E-state index in [1.165, 1.54) is 42.5 Å². The average Bonchev–Trinajstić information content (AvgIpc) is 2.68. The molecule has 2 rings (SSSR count). The number of Topliss-reactive ketones (excluding diaryl/α,β-unsaturated/α-hetero) is 1. The number of hydrogen-bond acceptors (Lipinski definition) is 4. The number of benzene rings is 2. The van der Waals surface area contributed by atoms with Gasteiger partial charge in [-0.2, -0.15) is 13.2 Å². The summed E-state index contributed by atoms with van der Waals surface area (Å²) in [5.74, 6) is -2.43. The number of ether oxygens (including phenoxy) is 1. The quantitative estimate of drug-likeness (QED) is 0.550. The first-order valence-electron chi connectivity index (χ1n) is 8.11. The second kappa shape index (κ2) is 8.53. The highest BCUT2D eigenvalue weighted by Crippen LogP contribution is 2.28. The van der Waals surface area contributed by atoms with Gasteiger partial charge in [-0.25, -0.2) is 4.79 Å². The Morgan fingerprint density at radius 1 is 1.00 bits per heavy atom. The molecule has 0 radical (unpaired) electrons. The SMILES string of the molecule is CCN(/C=C(/C(=O)C(F)(F)F)c1ccccc1)c1ccc(C(=O)OC)cc1. The Kier molecular flexibility index (Phi) is 6.39. The minimum atomic E-state index is -4.99. The van der Waals surface area contributed by atoms with Crippen molar-refractivity contribution in [3.63, 3.8) is 0 Å². The first-order valence-corrected chi connectivity index (χ1v) is 8.11. The van der Waals surface area contributed by atoms with Gasteiger partial charge in [0.15, 0.2) is 0 Å². The van der Waals surface area contributed by atoms with E-state index in [-0.39, 0.29) is 5.56 Å². The summed E-state index contributed by atoms with van der Waals surface area (Å²) in [5.41, 5.74) is 0.566. The van der Waals surface area contributed by atoms with Gasteiger partial charge in [0.2, 0.25) is 0 Å². The first-order chi connectivity index (χ1) is 12.8. The van der Waals surface area contributed by atoms with Gasteiger partial charge in [-0.15, -0.1) is 0 Å². The van der Waals surface area contributed by atoms with Crippen LogP contribution in [0.1, 0.15) is 22.8 Å². The van der Waals surface area contributed by atoms with E-state index in [0.29, 0.717) is 17.8 Å². The Bertz CT molecular complexity index is 828. The first kappa shape index (κ1) is 20.2. The third-order valence-electron chi connectivity index (χ3n) is 3.83. The molecule has 27 heavy (non-hydrogen) atoms. The van der Waals surface area contributed by atoms with Crippen LogP contribution in [0, 0.1) is 0 Å². The number of carbonyl (C=O) groups excluding carboxylic acids is 2. The number of anilines is 1. The van der Waals surface area contributed by atoms with Gasteiger partial charge in [-0.05, 0) is 36.8 Å². The van der Waals surface area contributed by atoms with Crippen LogP contribution >= 0.6 is 0 Å². The molecule has 0 fully saturated rings. The topological polar surface area (TPSA) is 46.6 Å². The molecule has 2 aromatic carbocycles. The summed E-state index contributed by atoms with van der Waals surface area (Å²) in [6.45, 7) is 2.06. The van der Waals surface area contributed by atoms with Crippen molar-refractivity contribution in [2.24, 2.45) is 0 Å². The van der Waals surface area contributed by atoms with Gasteiger partial charge in [0.25, 0.3) is 5.78 Å². The molecule has 4 nitrogen and oxygen atoms in total. The lowest BCUT2D eigenvalue weighted by atomic mass is 10.0. The molecule has 0 spiro atoms. The zero-order chi connectivity index (χ0) is 20.0. The fourth-order valence-corrected chi connectivity index (χ4v) is 2.45. The van der Waals surface area contributed by atoms with Crippen molar-refractivity contribution >= 4 is 23.0 Å². The summed E-state index contributed by atoms with van der Waals surface area (Å²) in [7, 11) is 1.26. The molecule has 0 N–H and O–H groups in total. The molecule has 0 bridgehead atoms. The van der Waals surface area contributed by atoms with E-state index in [4.69, 9.17) is 0 Å². The number of nitrogens with zero attached hydrogens (tertiary/aromatic N) is 1. The van der Waals surface area contributed by atoms with Gasteiger partial charge >= 0.3 is 12.1 Å². The van der Waals surface area contributed by atoms with Crippen molar-refractivity contribution in [3.8, 4) is 0 Å². The Hall–Kier alpha value is -3.09. The number of methoxy groups -OCH3 is 1. The molecule has 7 heteroatoms. The van der Waals surface area contributed by atoms with E-state index in [1.807, 2.05) is 0 Å². The number of hydrogen-bond donors (Lipinski definition) is 0. The Labute approximate surface area is 154 Å². The lowest BCUT2D eigenvalue weighted by Gasteiger charge is -2.21. The van der Waals surface area contributed by atoms with E-state index >= 15 is 0 Å². The van der Waals surface area contributed by atoms with Crippen molar-refractivity contribution < 1.29 is 27.5 Å². The second-order valence-electron chi connectivity index (χ2n) is 5.56. The number of ketones is 1. The zero-order valence-electron chi connectivity index (χ0n) is 14.8. The van der Waals surface area contributed by atoms with Gasteiger partial charge in [-0.3, -0.25) is 4.79 Å². The van der Waals surface area contributed by atoms with Crippen LogP contribution in [0.2, 0.25) is 0 Å². The van der Waals surface area contributed by atoms with Gasteiger partial charge in [0.05, 0.1) is 18.2 Å². The summed E-state index contributed by atoms with van der Waals surface area (Å²) < 4.78 is 43.8. The molecular formula is C20H18F3NO3. The Morgan fingerprint density at radius 2 is 1.59 bits per heavy atom. The minimum Gasteiger partial charge on any atom is -0.465 e. The molecule has 0 aliphatic carbocycles. The molecule has 2 aromatic rings. The second-order valence-corrected chi connectivity index (χ2v) is 5.56. The number of esters is 1. The summed E-state index contributed by atoms with van der Waals surface area (Å²) in [6, 6.07) is 13.8. The lowest BCUT2D eigenvalue weighted by Crippen LogP contribution is -2.26. The molecular weight excluding hydrogens is 359 g/mol. The summed E-state index contributed by atoms with van der Waals surface area (Å²) >= 11 is 0. The predicted molar refractivity (Wildman–Crippen MR) is 96.3 cm³/mol. The van der Waals surface area contributed by atoms with Crippen molar-refractivity contribution in [3.05, 3.63) is 71.9 Å². The maximum Gasteiger partial charge on any atom is 0.454 e. The van der Waals surface area contributed by atoms with Crippen LogP contribution in [0.15, 0.2) is 60.8 Å². The molecule has 142 valence electrons. The van der Waals surface area contributed by atoms with Crippen LogP contribution in [-0.4, -0.2) is 31.6 Å². The molecule has 0 saturated carbocycles. The van der Waals surface area contributed by atoms with Crippen molar-refractivity contribution in [2.75, 3.05) is 18.6 Å². The maximum atomic E-state index is 13.1. The van der Waals surface area contributed by atoms with Gasteiger partial charge < -0.3 is 9.64 Å². The van der Waals surface area contributed by atoms with Crippen molar-refractivity contribution in [1.82, 2.24) is 0 Å². The van der Waals surface area contributed by atoms with Gasteiger partial charge in [0.1, 0.15) is 0 Å². The van der Waals surface area contributed by atoms with Crippen LogP contribution in [0.25, 0.3) is 5.57 Å². The maximum absolute atomic E-state index is 13.1. The fraction of sp³-hybridized carbons (Fsp3) is 0.200. The van der Waals surface area contributed by atoms with Gasteiger partial charge in [-0.1, -0.05) is 30.3 Å². The average molecular weight is 377 g/mol. The molecule has 0 heterocycles. The molecule has 0 atom stereocenters. The van der Waals surface area contributed by atoms with Gasteiger partial charge in [0, 0.05) is 18.4 Å². The van der Waals surface area contributed by atoms with Crippen LogP contribution in [0.3, 0.4) is 0 Å². The number of halogens is 3. The Morgan fingerprint density at radius 3 is 2.07 bits per heavy atom. The number of carbonyl (C=O) groups is 2. The normalized spacial score (nSPS) is 11.8. The predicted octanol–water partition coefficient (Wildman–Crippen LogP) is 4.47. The molecule has 0 amide bonds. The Balaban J connectivity index is 2.46. The molecule has 0 saturated heterocycles. The van der Waals surface area contributed by atoms with Crippen LogP contribution < -0.4 is 4.90 Å². The highest BCUT2D eigenvalue weighted by molar-refractivity contribution is 6.23. The fourth-order valence-electron chi connectivity index (χ4n) is 2.45. The third kappa shape index (κ3) is 4.97. The molecule has 0 unspecified atom stereocenters. The number of allylic oxidation sites excluding steroid dienone is 1. The molecule has 0 aliphatic heterocycles. The van der Waals surface area contributed by atoms with Crippen LogP contribution in [0.4, 0.5) is 18.9 Å².